The molecule has 2 aromatic carbocycles. The Kier molecular flexibility index (Phi) is 8.53. The zero-order valence-electron chi connectivity index (χ0n) is 20.8. The molecule has 6 nitrogen and oxygen atoms in total. The summed E-state index contributed by atoms with van der Waals surface area (Å²) in [6.07, 6.45) is 4.47. The molecule has 4 rings (SSSR count). The van der Waals surface area contributed by atoms with Gasteiger partial charge >= 0.3 is 5.97 Å². The second-order valence-electron chi connectivity index (χ2n) is 9.69. The molecule has 0 bridgehead atoms. The molecule has 0 radical (unpaired) electrons. The average molecular weight is 517 g/mol. The largest absolute Gasteiger partial charge is 0.497 e. The third-order valence-electron chi connectivity index (χ3n) is 7.22. The third kappa shape index (κ3) is 6.91. The molecule has 1 aromatic heterocycles. The molecule has 0 unspecified atom stereocenters. The van der Waals surface area contributed by atoms with Crippen LogP contribution in [-0.2, 0) is 11.2 Å². The maximum absolute atomic E-state index is 14.7. The lowest BCUT2D eigenvalue weighted by molar-refractivity contribution is -0.140. The molecule has 2 heterocycles. The van der Waals surface area contributed by atoms with Crippen molar-refractivity contribution in [3.8, 4) is 11.5 Å². The van der Waals surface area contributed by atoms with E-state index in [0.29, 0.717) is 74.0 Å². The molecule has 37 heavy (non-hydrogen) atoms. The van der Waals surface area contributed by atoms with Gasteiger partial charge in [-0.25, -0.2) is 13.2 Å². The first-order chi connectivity index (χ1) is 17.8. The van der Waals surface area contributed by atoms with Crippen LogP contribution in [-0.4, -0.2) is 54.3 Å². The number of halogens is 3. The van der Waals surface area contributed by atoms with E-state index in [0.717, 1.165) is 18.2 Å². The van der Waals surface area contributed by atoms with Gasteiger partial charge < -0.3 is 14.6 Å². The predicted octanol–water partition coefficient (Wildman–Crippen LogP) is 5.62. The number of aryl methyl sites for hydroxylation is 1. The molecule has 0 aliphatic carbocycles. The van der Waals surface area contributed by atoms with E-state index >= 15 is 0 Å². The normalized spacial score (nSPS) is 15.6. The molecule has 9 heteroatoms. The van der Waals surface area contributed by atoms with Gasteiger partial charge in [-0.15, -0.1) is 0 Å². The SMILES string of the molecule is COc1ccc2ncc(F)c(CCCC3(CC(=O)O)CCN(CCOc4cc(F)cc(F)c4)CC3)c2c1. The molecule has 1 fully saturated rings. The lowest BCUT2D eigenvalue weighted by Gasteiger charge is -2.41. The van der Waals surface area contributed by atoms with Gasteiger partial charge in [0.25, 0.3) is 0 Å². The van der Waals surface area contributed by atoms with E-state index in [-0.39, 0.29) is 30.0 Å². The fourth-order valence-corrected chi connectivity index (χ4v) is 5.21. The number of nitrogens with zero attached hydrogens (tertiary/aromatic N) is 2. The van der Waals surface area contributed by atoms with Crippen molar-refractivity contribution in [1.29, 1.82) is 0 Å². The summed E-state index contributed by atoms with van der Waals surface area (Å²) in [6.45, 7) is 2.22. The van der Waals surface area contributed by atoms with Crippen LogP contribution in [0.3, 0.4) is 0 Å². The maximum Gasteiger partial charge on any atom is 0.303 e. The highest BCUT2D eigenvalue weighted by Gasteiger charge is 2.36. The zero-order valence-corrected chi connectivity index (χ0v) is 20.8. The summed E-state index contributed by atoms with van der Waals surface area (Å²) in [5.74, 6) is -1.82. The predicted molar refractivity (Wildman–Crippen MR) is 133 cm³/mol. The number of fused-ring (bicyclic) bond motifs is 1. The second kappa shape index (κ2) is 11.8. The molecule has 1 N–H and O–H groups in total. The Labute approximate surface area is 214 Å². The van der Waals surface area contributed by atoms with Crippen molar-refractivity contribution in [2.24, 2.45) is 5.41 Å². The third-order valence-corrected chi connectivity index (χ3v) is 7.22. The van der Waals surface area contributed by atoms with Gasteiger partial charge in [0, 0.05) is 30.1 Å². The summed E-state index contributed by atoms with van der Waals surface area (Å²) in [7, 11) is 1.56. The molecule has 1 saturated heterocycles. The van der Waals surface area contributed by atoms with Crippen molar-refractivity contribution in [3.05, 3.63) is 65.6 Å². The van der Waals surface area contributed by atoms with Gasteiger partial charge in [-0.05, 0) is 74.4 Å². The van der Waals surface area contributed by atoms with Crippen LogP contribution >= 0.6 is 0 Å². The molecule has 1 aliphatic heterocycles. The van der Waals surface area contributed by atoms with Crippen molar-refractivity contribution in [1.82, 2.24) is 9.88 Å². The quantitative estimate of drug-likeness (QED) is 0.357. The van der Waals surface area contributed by atoms with Gasteiger partial charge in [0.05, 0.1) is 25.2 Å². The van der Waals surface area contributed by atoms with Gasteiger partial charge in [0.1, 0.15) is 35.6 Å². The number of ether oxygens (including phenoxy) is 2. The first-order valence-electron chi connectivity index (χ1n) is 12.4. The van der Waals surface area contributed by atoms with Gasteiger partial charge in [-0.3, -0.25) is 14.7 Å². The van der Waals surface area contributed by atoms with E-state index in [1.807, 2.05) is 0 Å². The van der Waals surface area contributed by atoms with Crippen LogP contribution in [0.5, 0.6) is 11.5 Å². The van der Waals surface area contributed by atoms with Crippen molar-refractivity contribution in [2.45, 2.75) is 38.5 Å². The Morgan fingerprint density at radius 2 is 1.81 bits per heavy atom. The lowest BCUT2D eigenvalue weighted by Crippen LogP contribution is -2.42. The number of piperidine rings is 1. The van der Waals surface area contributed by atoms with Crippen LogP contribution < -0.4 is 9.47 Å². The first-order valence-corrected chi connectivity index (χ1v) is 12.4. The standard InChI is InChI=1S/C28H31F3N2O4/c1-36-21-4-5-26-24(16-21)23(25(31)18-32-26)3-2-6-28(17-27(34)35)7-9-33(10-8-28)11-12-37-22-14-19(29)13-20(30)15-22/h4-5,13-16,18H,2-3,6-12,17H2,1H3,(H,34,35). The number of carbonyl (C=O) groups is 1. The molecular formula is C28H31F3N2O4. The summed E-state index contributed by atoms with van der Waals surface area (Å²) in [5, 5.41) is 10.3. The smallest absolute Gasteiger partial charge is 0.303 e. The Morgan fingerprint density at radius 1 is 1.08 bits per heavy atom. The molecule has 0 saturated carbocycles. The van der Waals surface area contributed by atoms with Gasteiger partial charge in [-0.1, -0.05) is 0 Å². The average Bonchev–Trinajstić information content (AvgIpc) is 2.85. The van der Waals surface area contributed by atoms with E-state index in [4.69, 9.17) is 9.47 Å². The van der Waals surface area contributed by atoms with Gasteiger partial charge in [0.2, 0.25) is 0 Å². The number of likely N-dealkylation sites (tertiary alicyclic amines) is 1. The van der Waals surface area contributed by atoms with Crippen LogP contribution in [0.15, 0.2) is 42.6 Å². The van der Waals surface area contributed by atoms with Crippen LogP contribution in [0.2, 0.25) is 0 Å². The van der Waals surface area contributed by atoms with Gasteiger partial charge in [0.15, 0.2) is 0 Å². The van der Waals surface area contributed by atoms with Crippen molar-refractivity contribution in [2.75, 3.05) is 33.4 Å². The highest BCUT2D eigenvalue weighted by Crippen LogP contribution is 2.40. The molecule has 0 amide bonds. The van der Waals surface area contributed by atoms with E-state index < -0.39 is 17.6 Å². The minimum absolute atomic E-state index is 0.0628. The summed E-state index contributed by atoms with van der Waals surface area (Å²) in [5.41, 5.74) is 0.887. The lowest BCUT2D eigenvalue weighted by atomic mass is 9.72. The highest BCUT2D eigenvalue weighted by molar-refractivity contribution is 5.83. The summed E-state index contributed by atoms with van der Waals surface area (Å²) < 4.78 is 52.2. The molecular weight excluding hydrogens is 485 g/mol. The summed E-state index contributed by atoms with van der Waals surface area (Å²) in [6, 6.07) is 8.44. The fourth-order valence-electron chi connectivity index (χ4n) is 5.21. The molecule has 198 valence electrons. The maximum atomic E-state index is 14.7. The van der Waals surface area contributed by atoms with Gasteiger partial charge in [-0.2, -0.15) is 0 Å². The van der Waals surface area contributed by atoms with Crippen LogP contribution in [0.25, 0.3) is 10.9 Å². The number of carboxylic acids is 1. The number of rotatable bonds is 11. The topological polar surface area (TPSA) is 71.9 Å². The van der Waals surface area contributed by atoms with E-state index in [1.165, 1.54) is 6.20 Å². The Balaban J connectivity index is 1.34. The van der Waals surface area contributed by atoms with Crippen molar-refractivity contribution < 1.29 is 32.5 Å². The highest BCUT2D eigenvalue weighted by atomic mass is 19.1. The Morgan fingerprint density at radius 3 is 2.49 bits per heavy atom. The summed E-state index contributed by atoms with van der Waals surface area (Å²) >= 11 is 0. The summed E-state index contributed by atoms with van der Waals surface area (Å²) in [4.78, 5) is 18.0. The monoisotopic (exact) mass is 516 g/mol. The molecule has 1 aliphatic rings. The minimum atomic E-state index is -0.838. The first kappa shape index (κ1) is 26.7. The number of hydrogen-bond acceptors (Lipinski definition) is 5. The number of methoxy groups -OCH3 is 1. The Hall–Kier alpha value is -3.33. The molecule has 3 aromatic rings. The molecule has 0 spiro atoms. The van der Waals surface area contributed by atoms with E-state index in [9.17, 15) is 23.1 Å². The second-order valence-corrected chi connectivity index (χ2v) is 9.69. The zero-order chi connectivity index (χ0) is 26.4. The van der Waals surface area contributed by atoms with Crippen molar-refractivity contribution >= 4 is 16.9 Å². The van der Waals surface area contributed by atoms with E-state index in [2.05, 4.69) is 9.88 Å². The van der Waals surface area contributed by atoms with Crippen LogP contribution in [0.1, 0.15) is 37.7 Å². The number of benzene rings is 2. The number of pyridine rings is 1. The van der Waals surface area contributed by atoms with Crippen LogP contribution in [0, 0.1) is 22.9 Å². The van der Waals surface area contributed by atoms with E-state index in [1.54, 1.807) is 25.3 Å². The number of carboxylic acid groups (broad SMARTS) is 1. The number of aliphatic carboxylic acids is 1. The number of hydrogen-bond donors (Lipinski definition) is 1. The van der Waals surface area contributed by atoms with Crippen molar-refractivity contribution in [3.63, 3.8) is 0 Å². The number of aromatic nitrogens is 1. The minimum Gasteiger partial charge on any atom is -0.497 e. The molecule has 0 atom stereocenters. The fraction of sp³-hybridized carbons (Fsp3) is 0.429. The Bertz CT molecular complexity index is 1230. The van der Waals surface area contributed by atoms with Crippen LogP contribution in [0.4, 0.5) is 13.2 Å².